The summed E-state index contributed by atoms with van der Waals surface area (Å²) in [6.07, 6.45) is 7.71. The van der Waals surface area contributed by atoms with Crippen molar-refractivity contribution in [1.29, 1.82) is 0 Å². The molecule has 0 aromatic rings. The van der Waals surface area contributed by atoms with E-state index in [1.807, 2.05) is 0 Å². The summed E-state index contributed by atoms with van der Waals surface area (Å²) in [5.41, 5.74) is 4.28. The smallest absolute Gasteiger partial charge is 0.0189 e. The summed E-state index contributed by atoms with van der Waals surface area (Å²) < 4.78 is 0. The van der Waals surface area contributed by atoms with Crippen molar-refractivity contribution < 1.29 is 0 Å². The molecule has 1 aliphatic carbocycles. The Balaban J connectivity index is 2.58. The van der Waals surface area contributed by atoms with E-state index in [0.29, 0.717) is 0 Å². The monoisotopic (exact) mass is 152 g/mol. The minimum atomic E-state index is 0.217. The van der Waals surface area contributed by atoms with Crippen LogP contribution in [0.4, 0.5) is 0 Å². The second-order valence-electron chi connectivity index (χ2n) is 3.52. The maximum Gasteiger partial charge on any atom is 0.0189 e. The van der Waals surface area contributed by atoms with Crippen molar-refractivity contribution in [3.8, 4) is 0 Å². The highest BCUT2D eigenvalue weighted by atomic mass is 15.2. The van der Waals surface area contributed by atoms with Crippen molar-refractivity contribution in [3.05, 3.63) is 23.8 Å². The quantitative estimate of drug-likeness (QED) is 0.463. The van der Waals surface area contributed by atoms with Gasteiger partial charge in [0, 0.05) is 12.0 Å². The fraction of sp³-hybridized carbons (Fsp3) is 0.556. The maximum atomic E-state index is 5.27. The predicted octanol–water partition coefficient (Wildman–Crippen LogP) is 1.36. The molecule has 1 atom stereocenters. The summed E-state index contributed by atoms with van der Waals surface area (Å²) in [5.74, 6) is 5.27. The fourth-order valence-corrected chi connectivity index (χ4v) is 1.23. The third-order valence-electron chi connectivity index (χ3n) is 2.14. The predicted molar refractivity (Wildman–Crippen MR) is 47.8 cm³/mol. The first kappa shape index (κ1) is 8.50. The molecule has 11 heavy (non-hydrogen) atoms. The normalized spacial score (nSPS) is 30.3. The molecule has 0 saturated carbocycles. The van der Waals surface area contributed by atoms with Crippen LogP contribution in [0.3, 0.4) is 0 Å². The maximum absolute atomic E-state index is 5.27. The first-order valence-corrected chi connectivity index (χ1v) is 3.96. The highest BCUT2D eigenvalue weighted by molar-refractivity contribution is 5.24. The van der Waals surface area contributed by atoms with Gasteiger partial charge >= 0.3 is 0 Å². The van der Waals surface area contributed by atoms with E-state index in [4.69, 9.17) is 5.84 Å². The van der Waals surface area contributed by atoms with Crippen molar-refractivity contribution >= 4 is 0 Å². The third kappa shape index (κ3) is 2.17. The number of allylic oxidation sites excluding steroid dienone is 3. The molecule has 2 nitrogen and oxygen atoms in total. The number of hydrazine groups is 1. The summed E-state index contributed by atoms with van der Waals surface area (Å²) >= 11 is 0. The molecule has 0 amide bonds. The van der Waals surface area contributed by atoms with E-state index in [-0.39, 0.29) is 5.41 Å². The van der Waals surface area contributed by atoms with Crippen molar-refractivity contribution in [1.82, 2.24) is 5.43 Å². The summed E-state index contributed by atoms with van der Waals surface area (Å²) in [5, 5.41) is 0. The molecule has 1 rings (SSSR count). The van der Waals surface area contributed by atoms with Gasteiger partial charge in [-0.05, 0) is 13.3 Å². The highest BCUT2D eigenvalue weighted by Gasteiger charge is 2.20. The van der Waals surface area contributed by atoms with E-state index >= 15 is 0 Å². The molecule has 1 unspecified atom stereocenters. The molecular formula is C9H16N2. The van der Waals surface area contributed by atoms with E-state index < -0.39 is 0 Å². The van der Waals surface area contributed by atoms with Crippen LogP contribution in [-0.2, 0) is 0 Å². The van der Waals surface area contributed by atoms with E-state index in [1.165, 1.54) is 5.57 Å². The second kappa shape index (κ2) is 3.20. The molecule has 1 aliphatic rings. The van der Waals surface area contributed by atoms with Gasteiger partial charge in [-0.3, -0.25) is 11.3 Å². The zero-order valence-corrected chi connectivity index (χ0v) is 7.22. The van der Waals surface area contributed by atoms with Gasteiger partial charge in [0.15, 0.2) is 0 Å². The average molecular weight is 152 g/mol. The van der Waals surface area contributed by atoms with Gasteiger partial charge in [-0.2, -0.15) is 0 Å². The van der Waals surface area contributed by atoms with Crippen LogP contribution in [0, 0.1) is 5.41 Å². The van der Waals surface area contributed by atoms with E-state index in [9.17, 15) is 0 Å². The van der Waals surface area contributed by atoms with E-state index in [0.717, 1.165) is 13.0 Å². The first-order valence-electron chi connectivity index (χ1n) is 3.96. The van der Waals surface area contributed by atoms with Gasteiger partial charge in [-0.1, -0.05) is 30.7 Å². The third-order valence-corrected chi connectivity index (χ3v) is 2.14. The number of nitrogens with two attached hydrogens (primary N) is 1. The Morgan fingerprint density at radius 1 is 1.73 bits per heavy atom. The first-order chi connectivity index (χ1) is 5.16. The van der Waals surface area contributed by atoms with Crippen LogP contribution in [0.2, 0.25) is 0 Å². The summed E-state index contributed by atoms with van der Waals surface area (Å²) in [7, 11) is 0. The van der Waals surface area contributed by atoms with Crippen LogP contribution in [-0.4, -0.2) is 6.54 Å². The number of hydrogen-bond donors (Lipinski definition) is 2. The van der Waals surface area contributed by atoms with Gasteiger partial charge in [-0.15, -0.1) is 0 Å². The molecule has 0 aromatic heterocycles. The zero-order valence-electron chi connectivity index (χ0n) is 7.22. The number of rotatable bonds is 2. The van der Waals surface area contributed by atoms with Crippen LogP contribution < -0.4 is 11.3 Å². The standard InChI is InChI=1S/C9H16N2/c1-8-3-5-9(2,6-4-8)7-11-10/h3-5,11H,6-7,10H2,1-2H3. The van der Waals surface area contributed by atoms with Crippen molar-refractivity contribution in [2.24, 2.45) is 11.3 Å². The topological polar surface area (TPSA) is 38.0 Å². The summed E-state index contributed by atoms with van der Waals surface area (Å²) in [4.78, 5) is 0. The number of hydrogen-bond acceptors (Lipinski definition) is 2. The Hall–Kier alpha value is -0.600. The molecule has 0 spiro atoms. The average Bonchev–Trinajstić information content (AvgIpc) is 1.97. The van der Waals surface area contributed by atoms with Crippen LogP contribution in [0.1, 0.15) is 20.3 Å². The molecule has 0 fully saturated rings. The van der Waals surface area contributed by atoms with E-state index in [2.05, 4.69) is 37.5 Å². The minimum Gasteiger partial charge on any atom is -0.271 e. The Morgan fingerprint density at radius 3 is 2.91 bits per heavy atom. The van der Waals surface area contributed by atoms with Crippen LogP contribution in [0.25, 0.3) is 0 Å². The lowest BCUT2D eigenvalue weighted by atomic mass is 9.82. The Morgan fingerprint density at radius 2 is 2.45 bits per heavy atom. The molecule has 3 N–H and O–H groups in total. The van der Waals surface area contributed by atoms with Gasteiger partial charge < -0.3 is 0 Å². The molecule has 0 heterocycles. The van der Waals surface area contributed by atoms with Gasteiger partial charge in [-0.25, -0.2) is 0 Å². The second-order valence-corrected chi connectivity index (χ2v) is 3.52. The Bertz CT molecular complexity index is 194. The van der Waals surface area contributed by atoms with Crippen LogP contribution in [0.15, 0.2) is 23.8 Å². The molecule has 0 aromatic carbocycles. The SMILES string of the molecule is CC1=CCC(C)(CNN)C=C1. The van der Waals surface area contributed by atoms with Crippen LogP contribution in [0.5, 0.6) is 0 Å². The lowest BCUT2D eigenvalue weighted by Crippen LogP contribution is -2.35. The summed E-state index contributed by atoms with van der Waals surface area (Å²) in [6.45, 7) is 5.16. The van der Waals surface area contributed by atoms with Crippen molar-refractivity contribution in [3.63, 3.8) is 0 Å². The molecule has 2 heteroatoms. The van der Waals surface area contributed by atoms with Gasteiger partial charge in [0.05, 0.1) is 0 Å². The van der Waals surface area contributed by atoms with Gasteiger partial charge in [0.2, 0.25) is 0 Å². The van der Waals surface area contributed by atoms with Crippen LogP contribution >= 0.6 is 0 Å². The largest absolute Gasteiger partial charge is 0.271 e. The van der Waals surface area contributed by atoms with Crippen molar-refractivity contribution in [2.75, 3.05) is 6.54 Å². The Kier molecular flexibility index (Phi) is 2.47. The summed E-state index contributed by atoms with van der Waals surface area (Å²) in [6, 6.07) is 0. The van der Waals surface area contributed by atoms with Gasteiger partial charge in [0.1, 0.15) is 0 Å². The lowest BCUT2D eigenvalue weighted by molar-refractivity contribution is 0.397. The molecule has 0 aliphatic heterocycles. The molecular weight excluding hydrogens is 136 g/mol. The molecule has 62 valence electrons. The van der Waals surface area contributed by atoms with Crippen molar-refractivity contribution in [2.45, 2.75) is 20.3 Å². The minimum absolute atomic E-state index is 0.217. The molecule has 0 bridgehead atoms. The van der Waals surface area contributed by atoms with E-state index in [1.54, 1.807) is 0 Å². The number of nitrogens with one attached hydrogen (secondary N) is 1. The van der Waals surface area contributed by atoms with Gasteiger partial charge in [0.25, 0.3) is 0 Å². The zero-order chi connectivity index (χ0) is 8.32. The fourth-order valence-electron chi connectivity index (χ4n) is 1.23. The Labute approximate surface area is 68.1 Å². The molecule has 0 radical (unpaired) electrons. The lowest BCUT2D eigenvalue weighted by Gasteiger charge is -2.26. The highest BCUT2D eigenvalue weighted by Crippen LogP contribution is 2.27. The molecule has 0 saturated heterocycles.